The second kappa shape index (κ2) is 8.41. The summed E-state index contributed by atoms with van der Waals surface area (Å²) in [4.78, 5) is 33.5. The van der Waals surface area contributed by atoms with E-state index in [9.17, 15) is 14.4 Å². The summed E-state index contributed by atoms with van der Waals surface area (Å²) in [5.74, 6) is -1.32. The van der Waals surface area contributed by atoms with Gasteiger partial charge in [0.2, 0.25) is 5.91 Å². The third-order valence-electron chi connectivity index (χ3n) is 2.67. The first-order valence-electron chi connectivity index (χ1n) is 6.47. The van der Waals surface area contributed by atoms with Crippen molar-refractivity contribution in [2.45, 2.75) is 32.6 Å². The molecule has 0 bridgehead atoms. The van der Waals surface area contributed by atoms with Gasteiger partial charge in [0.1, 0.15) is 0 Å². The molecule has 7 heteroatoms. The van der Waals surface area contributed by atoms with Crippen molar-refractivity contribution in [3.05, 3.63) is 28.2 Å². The Balaban J connectivity index is 2.37. The average Bonchev–Trinajstić information content (AvgIpc) is 2.38. The number of amides is 3. The number of aliphatic carboxylic acids is 1. The summed E-state index contributed by atoms with van der Waals surface area (Å²) in [7, 11) is 0. The van der Waals surface area contributed by atoms with E-state index in [0.29, 0.717) is 18.5 Å². The summed E-state index contributed by atoms with van der Waals surface area (Å²) >= 11 is 3.31. The summed E-state index contributed by atoms with van der Waals surface area (Å²) in [5, 5.41) is 13.3. The fraction of sp³-hybridized carbons (Fsp3) is 0.357. The van der Waals surface area contributed by atoms with Crippen LogP contribution in [0.4, 0.5) is 10.5 Å². The molecule has 0 radical (unpaired) electrons. The minimum atomic E-state index is -0.891. The van der Waals surface area contributed by atoms with Crippen LogP contribution in [-0.2, 0) is 9.59 Å². The number of carboxylic acids is 1. The lowest BCUT2D eigenvalue weighted by Gasteiger charge is -2.09. The van der Waals surface area contributed by atoms with Crippen molar-refractivity contribution < 1.29 is 19.5 Å². The van der Waals surface area contributed by atoms with Crippen LogP contribution < -0.4 is 10.6 Å². The van der Waals surface area contributed by atoms with Crippen LogP contribution in [0.3, 0.4) is 0 Å². The van der Waals surface area contributed by atoms with E-state index in [1.807, 2.05) is 13.0 Å². The molecule has 1 aromatic carbocycles. The number of benzene rings is 1. The first kappa shape index (κ1) is 17.2. The maximum atomic E-state index is 11.7. The van der Waals surface area contributed by atoms with E-state index in [0.717, 1.165) is 10.0 Å². The number of hydrogen-bond acceptors (Lipinski definition) is 3. The number of imide groups is 1. The molecule has 6 nitrogen and oxygen atoms in total. The van der Waals surface area contributed by atoms with Crippen molar-refractivity contribution in [2.75, 3.05) is 5.32 Å². The van der Waals surface area contributed by atoms with Crippen LogP contribution in [-0.4, -0.2) is 23.0 Å². The van der Waals surface area contributed by atoms with Crippen molar-refractivity contribution in [3.8, 4) is 0 Å². The minimum Gasteiger partial charge on any atom is -0.481 e. The topological polar surface area (TPSA) is 95.5 Å². The highest BCUT2D eigenvalue weighted by atomic mass is 79.9. The van der Waals surface area contributed by atoms with E-state index >= 15 is 0 Å². The van der Waals surface area contributed by atoms with Gasteiger partial charge < -0.3 is 10.4 Å². The molecule has 0 saturated heterocycles. The van der Waals surface area contributed by atoms with Crippen molar-refractivity contribution in [2.24, 2.45) is 0 Å². The molecule has 0 saturated carbocycles. The molecular formula is C14H17BrN2O4. The Kier molecular flexibility index (Phi) is 6.87. The molecule has 0 heterocycles. The number of hydrogen-bond donors (Lipinski definition) is 3. The Morgan fingerprint density at radius 2 is 1.86 bits per heavy atom. The predicted octanol–water partition coefficient (Wildman–Crippen LogP) is 3.05. The highest BCUT2D eigenvalue weighted by molar-refractivity contribution is 9.10. The Morgan fingerprint density at radius 3 is 2.52 bits per heavy atom. The number of carbonyl (C=O) groups excluding carboxylic acids is 2. The number of halogens is 1. The van der Waals surface area contributed by atoms with Gasteiger partial charge in [-0.25, -0.2) is 4.79 Å². The maximum absolute atomic E-state index is 11.7. The van der Waals surface area contributed by atoms with Crippen LogP contribution in [0.25, 0.3) is 0 Å². The molecule has 1 rings (SSSR count). The van der Waals surface area contributed by atoms with Gasteiger partial charge in [0.05, 0.1) is 5.69 Å². The van der Waals surface area contributed by atoms with Gasteiger partial charge in [-0.1, -0.05) is 6.07 Å². The summed E-state index contributed by atoms with van der Waals surface area (Å²) in [6.45, 7) is 1.89. The molecule has 0 fully saturated rings. The molecule has 1 aromatic rings. The second-order valence-electron chi connectivity index (χ2n) is 4.59. The molecule has 0 aromatic heterocycles. The van der Waals surface area contributed by atoms with Crippen LogP contribution in [0.2, 0.25) is 0 Å². The van der Waals surface area contributed by atoms with Gasteiger partial charge in [0.15, 0.2) is 0 Å². The molecule has 0 aliphatic rings. The van der Waals surface area contributed by atoms with Crippen molar-refractivity contribution in [3.63, 3.8) is 0 Å². The van der Waals surface area contributed by atoms with Crippen LogP contribution in [0.15, 0.2) is 22.7 Å². The molecule has 0 unspecified atom stereocenters. The number of nitrogens with one attached hydrogen (secondary N) is 2. The number of rotatable bonds is 6. The van der Waals surface area contributed by atoms with Crippen LogP contribution in [0, 0.1) is 6.92 Å². The van der Waals surface area contributed by atoms with Crippen LogP contribution >= 0.6 is 15.9 Å². The Morgan fingerprint density at radius 1 is 1.19 bits per heavy atom. The van der Waals surface area contributed by atoms with Crippen LogP contribution in [0.1, 0.15) is 31.2 Å². The number of carboxylic acid groups (broad SMARTS) is 1. The zero-order chi connectivity index (χ0) is 15.8. The standard InChI is InChI=1S/C14H17BrN2O4/c1-9-6-7-10(15)11(8-9)16-14(21)17-12(18)4-2-3-5-13(19)20/h6-8H,2-5H2,1H3,(H,19,20)(H2,16,17,18,21). The Labute approximate surface area is 131 Å². The average molecular weight is 357 g/mol. The van der Waals surface area contributed by atoms with Gasteiger partial charge in [-0.15, -0.1) is 0 Å². The minimum absolute atomic E-state index is 0.0235. The molecule has 3 amide bonds. The lowest BCUT2D eigenvalue weighted by Crippen LogP contribution is -2.34. The highest BCUT2D eigenvalue weighted by Gasteiger charge is 2.10. The first-order valence-corrected chi connectivity index (χ1v) is 7.26. The van der Waals surface area contributed by atoms with Gasteiger partial charge >= 0.3 is 12.0 Å². The van der Waals surface area contributed by atoms with Crippen molar-refractivity contribution in [1.82, 2.24) is 5.32 Å². The molecule has 0 atom stereocenters. The number of aryl methyl sites for hydroxylation is 1. The van der Waals surface area contributed by atoms with Crippen LogP contribution in [0.5, 0.6) is 0 Å². The van der Waals surface area contributed by atoms with Gasteiger partial charge in [0.25, 0.3) is 0 Å². The van der Waals surface area contributed by atoms with Gasteiger partial charge in [-0.05, 0) is 53.4 Å². The van der Waals surface area contributed by atoms with E-state index < -0.39 is 17.9 Å². The number of carbonyl (C=O) groups is 3. The van der Waals surface area contributed by atoms with E-state index in [-0.39, 0.29) is 12.8 Å². The van der Waals surface area contributed by atoms with E-state index in [2.05, 4.69) is 26.6 Å². The summed E-state index contributed by atoms with van der Waals surface area (Å²) < 4.78 is 0.720. The molecule has 21 heavy (non-hydrogen) atoms. The van der Waals surface area contributed by atoms with Crippen molar-refractivity contribution >= 4 is 39.5 Å². The third kappa shape index (κ3) is 6.89. The molecule has 0 spiro atoms. The number of urea groups is 1. The SMILES string of the molecule is Cc1ccc(Br)c(NC(=O)NC(=O)CCCCC(=O)O)c1. The molecule has 0 aliphatic heterocycles. The van der Waals surface area contributed by atoms with Crippen molar-refractivity contribution in [1.29, 1.82) is 0 Å². The first-order chi connectivity index (χ1) is 9.88. The third-order valence-corrected chi connectivity index (χ3v) is 3.36. The Hall–Kier alpha value is -1.89. The molecular weight excluding hydrogens is 340 g/mol. The maximum Gasteiger partial charge on any atom is 0.325 e. The smallest absolute Gasteiger partial charge is 0.325 e. The predicted molar refractivity (Wildman–Crippen MR) is 82.1 cm³/mol. The molecule has 0 aliphatic carbocycles. The van der Waals surface area contributed by atoms with Gasteiger partial charge in [0, 0.05) is 17.3 Å². The quantitative estimate of drug-likeness (QED) is 0.682. The van der Waals surface area contributed by atoms with Gasteiger partial charge in [-0.2, -0.15) is 0 Å². The van der Waals surface area contributed by atoms with E-state index in [1.165, 1.54) is 0 Å². The normalized spacial score (nSPS) is 10.0. The highest BCUT2D eigenvalue weighted by Crippen LogP contribution is 2.23. The van der Waals surface area contributed by atoms with E-state index in [1.54, 1.807) is 12.1 Å². The largest absolute Gasteiger partial charge is 0.481 e. The lowest BCUT2D eigenvalue weighted by atomic mass is 10.2. The van der Waals surface area contributed by atoms with Gasteiger partial charge in [-0.3, -0.25) is 14.9 Å². The fourth-order valence-corrected chi connectivity index (χ4v) is 1.99. The van der Waals surface area contributed by atoms with E-state index in [4.69, 9.17) is 5.11 Å². The zero-order valence-corrected chi connectivity index (χ0v) is 13.2. The summed E-state index contributed by atoms with van der Waals surface area (Å²) in [6.07, 6.45) is 0.985. The lowest BCUT2D eigenvalue weighted by molar-refractivity contribution is -0.137. The monoisotopic (exact) mass is 356 g/mol. The fourth-order valence-electron chi connectivity index (χ4n) is 1.64. The Bertz CT molecular complexity index is 546. The summed E-state index contributed by atoms with van der Waals surface area (Å²) in [5.41, 5.74) is 1.56. The number of anilines is 1. The summed E-state index contributed by atoms with van der Waals surface area (Å²) in [6, 6.07) is 4.87. The second-order valence-corrected chi connectivity index (χ2v) is 5.44. The molecule has 114 valence electrons. The zero-order valence-electron chi connectivity index (χ0n) is 11.6. The number of unbranched alkanes of at least 4 members (excludes halogenated alkanes) is 1. The molecule has 3 N–H and O–H groups in total.